The number of hydrogen-bond acceptors (Lipinski definition) is 7. The molecule has 1 aliphatic rings. The van der Waals surface area contributed by atoms with Crippen LogP contribution in [-0.2, 0) is 16.6 Å². The maximum Gasteiger partial charge on any atom is 0.247 e. The molecular weight excluding hydrogens is 490 g/mol. The maximum atomic E-state index is 13.7. The van der Waals surface area contributed by atoms with Gasteiger partial charge in [-0.25, -0.2) is 8.42 Å². The monoisotopic (exact) mass is 525 g/mol. The third-order valence-corrected chi connectivity index (χ3v) is 8.78. The average Bonchev–Trinajstić information content (AvgIpc) is 2.90. The molecule has 3 aromatic rings. The number of hydrogen-bond donors (Lipinski definition) is 1. The summed E-state index contributed by atoms with van der Waals surface area (Å²) >= 11 is 0. The highest BCUT2D eigenvalue weighted by atomic mass is 32.2. The van der Waals surface area contributed by atoms with E-state index < -0.39 is 16.1 Å². The second-order valence-electron chi connectivity index (χ2n) is 9.69. The Balaban J connectivity index is 1.73. The first-order valence-electron chi connectivity index (χ1n) is 12.4. The average molecular weight is 526 g/mol. The van der Waals surface area contributed by atoms with Crippen molar-refractivity contribution in [3.8, 4) is 22.6 Å². The van der Waals surface area contributed by atoms with Gasteiger partial charge in [0, 0.05) is 44.0 Å². The molecule has 1 aliphatic heterocycles. The molecule has 0 aliphatic carbocycles. The zero-order valence-electron chi connectivity index (χ0n) is 21.7. The Hall–Kier alpha value is -2.98. The lowest BCUT2D eigenvalue weighted by Crippen LogP contribution is -2.49. The number of aromatic nitrogens is 1. The Morgan fingerprint density at radius 3 is 2.59 bits per heavy atom. The molecule has 4 rings (SSSR count). The van der Waals surface area contributed by atoms with E-state index >= 15 is 0 Å². The summed E-state index contributed by atoms with van der Waals surface area (Å²) in [5.74, 6) is 0.895. The fraction of sp³-hybridized carbons (Fsp3) is 0.393. The predicted molar refractivity (Wildman–Crippen MR) is 143 cm³/mol. The molecule has 0 saturated carbocycles. The molecular formula is C28H35N3O5S. The van der Waals surface area contributed by atoms with Gasteiger partial charge in [0.15, 0.2) is 0 Å². The van der Waals surface area contributed by atoms with Gasteiger partial charge in [0.2, 0.25) is 10.0 Å². The summed E-state index contributed by atoms with van der Waals surface area (Å²) in [6.07, 6.45) is 3.26. The Kier molecular flexibility index (Phi) is 8.49. The number of likely N-dealkylation sites (N-methyl/N-ethyl adjacent to an activating group) is 1. The smallest absolute Gasteiger partial charge is 0.247 e. The third-order valence-electron chi connectivity index (χ3n) is 6.76. The molecule has 0 spiro atoms. The van der Waals surface area contributed by atoms with Crippen LogP contribution in [-0.4, -0.2) is 73.7 Å². The van der Waals surface area contributed by atoms with Crippen LogP contribution >= 0.6 is 0 Å². The van der Waals surface area contributed by atoms with E-state index in [2.05, 4.69) is 9.88 Å². The standard InChI is InChI=1S/C28H35N3O5S/c1-20-16-31(21(2)19-32)37(33,34)28-9-8-24(23-6-5-7-25(14-23)35-4)15-26(28)36-27(20)18-30(3)17-22-10-12-29-13-11-22/h5-15,20-21,27,32H,16-19H2,1-4H3/t20-,21-,27-/m1/s1. The first-order chi connectivity index (χ1) is 17.7. The number of aliphatic hydroxyl groups is 1. The summed E-state index contributed by atoms with van der Waals surface area (Å²) in [7, 11) is -0.263. The van der Waals surface area contributed by atoms with Gasteiger partial charge in [-0.1, -0.05) is 25.1 Å². The van der Waals surface area contributed by atoms with Gasteiger partial charge in [-0.15, -0.1) is 0 Å². The van der Waals surface area contributed by atoms with E-state index in [1.54, 1.807) is 44.6 Å². The Labute approximate surface area is 219 Å². The number of fused-ring (bicyclic) bond motifs is 1. The van der Waals surface area contributed by atoms with E-state index in [0.717, 1.165) is 16.7 Å². The fourth-order valence-electron chi connectivity index (χ4n) is 4.60. The highest BCUT2D eigenvalue weighted by Crippen LogP contribution is 2.37. The Morgan fingerprint density at radius 1 is 1.16 bits per heavy atom. The number of sulfonamides is 1. The van der Waals surface area contributed by atoms with Crippen LogP contribution in [0, 0.1) is 5.92 Å². The van der Waals surface area contributed by atoms with Crippen molar-refractivity contribution >= 4 is 10.0 Å². The van der Waals surface area contributed by atoms with E-state index in [1.807, 2.05) is 50.4 Å². The molecule has 8 nitrogen and oxygen atoms in total. The molecule has 198 valence electrons. The van der Waals surface area contributed by atoms with E-state index in [1.165, 1.54) is 4.31 Å². The summed E-state index contributed by atoms with van der Waals surface area (Å²) in [5, 5.41) is 9.87. The van der Waals surface area contributed by atoms with Crippen molar-refractivity contribution in [2.75, 3.05) is 33.9 Å². The van der Waals surface area contributed by atoms with E-state index in [-0.39, 0.29) is 30.1 Å². The predicted octanol–water partition coefficient (Wildman–Crippen LogP) is 3.66. The summed E-state index contributed by atoms with van der Waals surface area (Å²) < 4.78 is 40.8. The van der Waals surface area contributed by atoms with Crippen molar-refractivity contribution < 1.29 is 23.0 Å². The normalized spacial score (nSPS) is 20.4. The van der Waals surface area contributed by atoms with Crippen LogP contribution in [0.25, 0.3) is 11.1 Å². The van der Waals surface area contributed by atoms with Gasteiger partial charge in [-0.2, -0.15) is 4.31 Å². The number of nitrogens with zero attached hydrogens (tertiary/aromatic N) is 3. The Morgan fingerprint density at radius 2 is 1.89 bits per heavy atom. The largest absolute Gasteiger partial charge is 0.497 e. The zero-order valence-corrected chi connectivity index (χ0v) is 22.6. The van der Waals surface area contributed by atoms with Crippen molar-refractivity contribution in [2.24, 2.45) is 5.92 Å². The Bertz CT molecular complexity index is 1300. The van der Waals surface area contributed by atoms with Crippen molar-refractivity contribution in [3.63, 3.8) is 0 Å². The molecule has 1 aromatic heterocycles. The van der Waals surface area contributed by atoms with Gasteiger partial charge < -0.3 is 14.6 Å². The molecule has 0 amide bonds. The van der Waals surface area contributed by atoms with Crippen molar-refractivity contribution in [2.45, 2.75) is 37.4 Å². The molecule has 0 radical (unpaired) electrons. The van der Waals surface area contributed by atoms with Crippen LogP contribution in [0.3, 0.4) is 0 Å². The zero-order chi connectivity index (χ0) is 26.6. The van der Waals surface area contributed by atoms with Gasteiger partial charge >= 0.3 is 0 Å². The third kappa shape index (κ3) is 6.13. The first-order valence-corrected chi connectivity index (χ1v) is 13.8. The van der Waals surface area contributed by atoms with Gasteiger partial charge in [-0.3, -0.25) is 9.88 Å². The summed E-state index contributed by atoms with van der Waals surface area (Å²) in [4.78, 5) is 6.35. The van der Waals surface area contributed by atoms with Crippen LogP contribution in [0.15, 0.2) is 71.9 Å². The van der Waals surface area contributed by atoms with Crippen LogP contribution in [0.4, 0.5) is 0 Å². The van der Waals surface area contributed by atoms with Crippen molar-refractivity contribution in [3.05, 3.63) is 72.6 Å². The van der Waals surface area contributed by atoms with Gasteiger partial charge in [0.1, 0.15) is 22.5 Å². The molecule has 9 heteroatoms. The van der Waals surface area contributed by atoms with E-state index in [0.29, 0.717) is 24.6 Å². The molecule has 0 unspecified atom stereocenters. The SMILES string of the molecule is COc1cccc(-c2ccc3c(c2)O[C@H](CN(C)Cc2ccncc2)[C@H](C)CN([C@H](C)CO)S3(=O)=O)c1. The fourth-order valence-corrected chi connectivity index (χ4v) is 6.42. The van der Waals surface area contributed by atoms with Crippen molar-refractivity contribution in [1.82, 2.24) is 14.2 Å². The topological polar surface area (TPSA) is 92.2 Å². The maximum absolute atomic E-state index is 13.7. The summed E-state index contributed by atoms with van der Waals surface area (Å²) in [5.41, 5.74) is 2.85. The minimum atomic E-state index is -3.90. The number of benzene rings is 2. The highest BCUT2D eigenvalue weighted by Gasteiger charge is 2.38. The lowest BCUT2D eigenvalue weighted by molar-refractivity contribution is 0.0734. The van der Waals surface area contributed by atoms with Crippen LogP contribution in [0.5, 0.6) is 11.5 Å². The highest BCUT2D eigenvalue weighted by molar-refractivity contribution is 7.89. The van der Waals surface area contributed by atoms with Crippen LogP contribution in [0.2, 0.25) is 0 Å². The van der Waals surface area contributed by atoms with Gasteiger partial charge in [0.05, 0.1) is 13.7 Å². The molecule has 0 fully saturated rings. The summed E-state index contributed by atoms with van der Waals surface area (Å²) in [6, 6.07) is 16.2. The molecule has 3 atom stereocenters. The molecule has 0 bridgehead atoms. The second-order valence-corrected chi connectivity index (χ2v) is 11.5. The number of aliphatic hydroxyl groups excluding tert-OH is 1. The van der Waals surface area contributed by atoms with Gasteiger partial charge in [-0.05, 0) is 67.1 Å². The molecule has 37 heavy (non-hydrogen) atoms. The molecule has 1 N–H and O–H groups in total. The summed E-state index contributed by atoms with van der Waals surface area (Å²) in [6.45, 7) is 5.00. The second kappa shape index (κ2) is 11.6. The first kappa shape index (κ1) is 27.1. The number of pyridine rings is 1. The quantitative estimate of drug-likeness (QED) is 0.480. The van der Waals surface area contributed by atoms with Gasteiger partial charge in [0.25, 0.3) is 0 Å². The molecule has 2 heterocycles. The van der Waals surface area contributed by atoms with Crippen LogP contribution < -0.4 is 9.47 Å². The minimum Gasteiger partial charge on any atom is -0.497 e. The van der Waals surface area contributed by atoms with Crippen LogP contribution in [0.1, 0.15) is 19.4 Å². The molecule has 2 aromatic carbocycles. The minimum absolute atomic E-state index is 0.105. The lowest BCUT2D eigenvalue weighted by atomic mass is 10.0. The number of methoxy groups -OCH3 is 1. The van der Waals surface area contributed by atoms with E-state index in [4.69, 9.17) is 9.47 Å². The number of rotatable bonds is 8. The van der Waals surface area contributed by atoms with E-state index in [9.17, 15) is 13.5 Å². The molecule has 0 saturated heterocycles. The number of ether oxygens (including phenoxy) is 2. The lowest BCUT2D eigenvalue weighted by Gasteiger charge is -2.37. The van der Waals surface area contributed by atoms with Crippen molar-refractivity contribution in [1.29, 1.82) is 0 Å².